The monoisotopic (exact) mass is 361 g/mol. The second kappa shape index (κ2) is 6.96. The van der Waals surface area contributed by atoms with Crippen molar-refractivity contribution in [2.24, 2.45) is 0 Å². The summed E-state index contributed by atoms with van der Waals surface area (Å²) in [7, 11) is 1.58. The van der Waals surface area contributed by atoms with Gasteiger partial charge in [-0.25, -0.2) is 9.18 Å². The summed E-state index contributed by atoms with van der Waals surface area (Å²) in [5.41, 5.74) is 2.40. The number of nitrogens with one attached hydrogen (secondary N) is 1. The van der Waals surface area contributed by atoms with Crippen molar-refractivity contribution < 1.29 is 13.5 Å². The molecule has 5 heteroatoms. The lowest BCUT2D eigenvalue weighted by Gasteiger charge is -2.14. The van der Waals surface area contributed by atoms with Crippen LogP contribution in [-0.2, 0) is 0 Å². The Bertz CT molecular complexity index is 1150. The van der Waals surface area contributed by atoms with E-state index in [4.69, 9.17) is 9.15 Å². The van der Waals surface area contributed by atoms with Crippen LogP contribution in [0.2, 0.25) is 0 Å². The van der Waals surface area contributed by atoms with Gasteiger partial charge in [-0.2, -0.15) is 0 Å². The zero-order valence-corrected chi connectivity index (χ0v) is 14.5. The number of halogens is 1. The molecule has 4 nitrogen and oxygen atoms in total. The molecule has 0 bridgehead atoms. The van der Waals surface area contributed by atoms with Crippen molar-refractivity contribution in [3.63, 3.8) is 0 Å². The smallest absolute Gasteiger partial charge is 0.346 e. The summed E-state index contributed by atoms with van der Waals surface area (Å²) in [5, 5.41) is 4.01. The molecule has 0 aliphatic rings. The number of hydrogen-bond donors (Lipinski definition) is 1. The molecule has 0 aliphatic heterocycles. The summed E-state index contributed by atoms with van der Waals surface area (Å²) < 4.78 is 24.0. The number of hydrogen-bond acceptors (Lipinski definition) is 4. The predicted octanol–water partition coefficient (Wildman–Crippen LogP) is 5.35. The van der Waals surface area contributed by atoms with E-state index >= 15 is 0 Å². The highest BCUT2D eigenvalue weighted by atomic mass is 19.1. The van der Waals surface area contributed by atoms with Gasteiger partial charge in [0.15, 0.2) is 0 Å². The molecule has 27 heavy (non-hydrogen) atoms. The SMILES string of the molecule is COc1ccc(-c2c(Nc3ccc(F)cc3)c3ccccc3oc2=O)cc1. The Hall–Kier alpha value is -3.60. The number of anilines is 2. The van der Waals surface area contributed by atoms with Gasteiger partial charge < -0.3 is 14.5 Å². The molecule has 0 unspecified atom stereocenters. The van der Waals surface area contributed by atoms with Gasteiger partial charge in [0.05, 0.1) is 18.4 Å². The van der Waals surface area contributed by atoms with Crippen molar-refractivity contribution in [2.45, 2.75) is 0 Å². The van der Waals surface area contributed by atoms with E-state index in [9.17, 15) is 9.18 Å². The molecule has 0 amide bonds. The maximum atomic E-state index is 13.3. The van der Waals surface area contributed by atoms with Crippen molar-refractivity contribution in [2.75, 3.05) is 12.4 Å². The minimum Gasteiger partial charge on any atom is -0.497 e. The summed E-state index contributed by atoms with van der Waals surface area (Å²) in [4.78, 5) is 12.8. The zero-order chi connectivity index (χ0) is 18.8. The quantitative estimate of drug-likeness (QED) is 0.498. The van der Waals surface area contributed by atoms with E-state index in [2.05, 4.69) is 5.32 Å². The third-order valence-electron chi connectivity index (χ3n) is 4.31. The lowest BCUT2D eigenvalue weighted by molar-refractivity contribution is 0.415. The van der Waals surface area contributed by atoms with Gasteiger partial charge >= 0.3 is 5.63 Å². The fraction of sp³-hybridized carbons (Fsp3) is 0.0455. The fourth-order valence-corrected chi connectivity index (χ4v) is 2.98. The maximum absolute atomic E-state index is 13.3. The van der Waals surface area contributed by atoms with Crippen LogP contribution in [0.1, 0.15) is 0 Å². The van der Waals surface area contributed by atoms with E-state index in [1.165, 1.54) is 12.1 Å². The van der Waals surface area contributed by atoms with Crippen molar-refractivity contribution in [3.05, 3.63) is 89.0 Å². The topological polar surface area (TPSA) is 51.5 Å². The van der Waals surface area contributed by atoms with Crippen molar-refractivity contribution >= 4 is 22.3 Å². The Kier molecular flexibility index (Phi) is 4.34. The van der Waals surface area contributed by atoms with Gasteiger partial charge in [-0.15, -0.1) is 0 Å². The second-order valence-corrected chi connectivity index (χ2v) is 6.00. The highest BCUT2D eigenvalue weighted by Gasteiger charge is 2.17. The van der Waals surface area contributed by atoms with Crippen LogP contribution >= 0.6 is 0 Å². The second-order valence-electron chi connectivity index (χ2n) is 6.00. The number of benzene rings is 3. The molecule has 0 saturated heterocycles. The Morgan fingerprint density at radius 1 is 0.926 bits per heavy atom. The van der Waals surface area contributed by atoms with Gasteiger partial charge in [0.1, 0.15) is 17.1 Å². The molecular formula is C22H16FNO3. The van der Waals surface area contributed by atoms with Crippen LogP contribution in [0.15, 0.2) is 82.0 Å². The summed E-state index contributed by atoms with van der Waals surface area (Å²) in [5.74, 6) is 0.366. The number of methoxy groups -OCH3 is 1. The third-order valence-corrected chi connectivity index (χ3v) is 4.31. The van der Waals surface area contributed by atoms with Crippen LogP contribution in [0.5, 0.6) is 5.75 Å². The minimum atomic E-state index is -0.455. The number of rotatable bonds is 4. The van der Waals surface area contributed by atoms with E-state index < -0.39 is 5.63 Å². The van der Waals surface area contributed by atoms with Crippen LogP contribution in [0.3, 0.4) is 0 Å². The molecule has 4 rings (SSSR count). The number of ether oxygens (including phenoxy) is 1. The van der Waals surface area contributed by atoms with Gasteiger partial charge in [-0.3, -0.25) is 0 Å². The number of fused-ring (bicyclic) bond motifs is 1. The lowest BCUT2D eigenvalue weighted by atomic mass is 10.0. The summed E-state index contributed by atoms with van der Waals surface area (Å²) in [6.07, 6.45) is 0. The first-order valence-electron chi connectivity index (χ1n) is 8.38. The van der Waals surface area contributed by atoms with Gasteiger partial charge in [-0.05, 0) is 54.1 Å². The average molecular weight is 361 g/mol. The molecule has 0 fully saturated rings. The first-order valence-corrected chi connectivity index (χ1v) is 8.38. The van der Waals surface area contributed by atoms with Crippen LogP contribution in [0, 0.1) is 5.82 Å². The molecule has 0 radical (unpaired) electrons. The van der Waals surface area contributed by atoms with Gasteiger partial charge in [0.2, 0.25) is 0 Å². The molecule has 1 N–H and O–H groups in total. The molecule has 1 aromatic heterocycles. The van der Waals surface area contributed by atoms with Crippen LogP contribution in [0.4, 0.5) is 15.8 Å². The molecule has 134 valence electrons. The van der Waals surface area contributed by atoms with Crippen molar-refractivity contribution in [1.29, 1.82) is 0 Å². The molecule has 1 heterocycles. The van der Waals surface area contributed by atoms with Gasteiger partial charge in [0.25, 0.3) is 0 Å². The average Bonchev–Trinajstić information content (AvgIpc) is 2.70. The molecular weight excluding hydrogens is 345 g/mol. The van der Waals surface area contributed by atoms with Crippen molar-refractivity contribution in [3.8, 4) is 16.9 Å². The molecule has 4 aromatic rings. The fourth-order valence-electron chi connectivity index (χ4n) is 2.98. The normalized spacial score (nSPS) is 10.7. The largest absolute Gasteiger partial charge is 0.497 e. The molecule has 0 atom stereocenters. The van der Waals surface area contributed by atoms with E-state index in [0.29, 0.717) is 33.8 Å². The van der Waals surface area contributed by atoms with E-state index in [0.717, 1.165) is 5.39 Å². The Balaban J connectivity index is 1.94. The molecule has 0 spiro atoms. The maximum Gasteiger partial charge on any atom is 0.346 e. The summed E-state index contributed by atoms with van der Waals surface area (Å²) >= 11 is 0. The zero-order valence-electron chi connectivity index (χ0n) is 14.5. The van der Waals surface area contributed by atoms with Crippen LogP contribution in [-0.4, -0.2) is 7.11 Å². The number of para-hydroxylation sites is 1. The van der Waals surface area contributed by atoms with E-state index in [-0.39, 0.29) is 5.82 Å². The van der Waals surface area contributed by atoms with E-state index in [1.807, 2.05) is 12.1 Å². The van der Waals surface area contributed by atoms with Gasteiger partial charge in [-0.1, -0.05) is 24.3 Å². The van der Waals surface area contributed by atoms with Crippen LogP contribution < -0.4 is 15.7 Å². The summed E-state index contributed by atoms with van der Waals surface area (Å²) in [6.45, 7) is 0. The standard InChI is InChI=1S/C22H16FNO3/c1-26-17-12-6-14(7-13-17)20-21(24-16-10-8-15(23)9-11-16)18-4-2-3-5-19(18)27-22(20)25/h2-13,24H,1H3. The van der Waals surface area contributed by atoms with Gasteiger partial charge in [0, 0.05) is 11.1 Å². The highest BCUT2D eigenvalue weighted by Crippen LogP contribution is 2.34. The van der Waals surface area contributed by atoms with Crippen molar-refractivity contribution in [1.82, 2.24) is 0 Å². The van der Waals surface area contributed by atoms with E-state index in [1.54, 1.807) is 55.6 Å². The molecule has 0 saturated carbocycles. The predicted molar refractivity (Wildman–Crippen MR) is 104 cm³/mol. The Morgan fingerprint density at radius 2 is 1.63 bits per heavy atom. The third kappa shape index (κ3) is 3.27. The summed E-state index contributed by atoms with van der Waals surface area (Å²) in [6, 6.07) is 20.4. The molecule has 3 aromatic carbocycles. The first kappa shape index (κ1) is 16.8. The lowest BCUT2D eigenvalue weighted by Crippen LogP contribution is -2.08. The van der Waals surface area contributed by atoms with Crippen LogP contribution in [0.25, 0.3) is 22.1 Å². The highest BCUT2D eigenvalue weighted by molar-refractivity contribution is 5.99. The first-order chi connectivity index (χ1) is 13.2. The minimum absolute atomic E-state index is 0.326. The molecule has 0 aliphatic carbocycles. The Morgan fingerprint density at radius 3 is 2.33 bits per heavy atom. The Labute approximate surface area is 154 Å².